The van der Waals surface area contributed by atoms with Crippen molar-refractivity contribution >= 4 is 28.2 Å². The molecule has 1 aromatic carbocycles. The van der Waals surface area contributed by atoms with Crippen LogP contribution in [0.4, 0.5) is 0 Å². The molecule has 2 aliphatic heterocycles. The summed E-state index contributed by atoms with van der Waals surface area (Å²) < 4.78 is 17.1. The van der Waals surface area contributed by atoms with Gasteiger partial charge >= 0.3 is 0 Å². The molecule has 0 aliphatic carbocycles. The van der Waals surface area contributed by atoms with Gasteiger partial charge in [-0.3, -0.25) is 4.79 Å². The van der Waals surface area contributed by atoms with Crippen LogP contribution >= 0.6 is 12.2 Å². The van der Waals surface area contributed by atoms with E-state index in [1.54, 1.807) is 0 Å². The quantitative estimate of drug-likeness (QED) is 0.605. The molecule has 2 aliphatic rings. The van der Waals surface area contributed by atoms with E-state index >= 15 is 0 Å². The SMILES string of the molecule is CCOc1ccc2[nH]c(=O)c(CN(C[C@H]3CCCO3)C(=S)NC[C@@H]3CCCO3)cc2c1. The molecule has 2 fully saturated rings. The molecule has 168 valence electrons. The van der Waals surface area contributed by atoms with E-state index in [2.05, 4.69) is 10.3 Å². The van der Waals surface area contributed by atoms with Gasteiger partial charge in [0.25, 0.3) is 5.56 Å². The lowest BCUT2D eigenvalue weighted by molar-refractivity contribution is 0.0885. The minimum atomic E-state index is -0.101. The summed E-state index contributed by atoms with van der Waals surface area (Å²) in [7, 11) is 0. The highest BCUT2D eigenvalue weighted by Crippen LogP contribution is 2.21. The fourth-order valence-corrected chi connectivity index (χ4v) is 4.40. The Morgan fingerprint density at radius 1 is 1.23 bits per heavy atom. The Balaban J connectivity index is 1.52. The zero-order valence-corrected chi connectivity index (χ0v) is 18.8. The molecule has 8 heteroatoms. The second-order valence-corrected chi connectivity index (χ2v) is 8.53. The molecule has 3 heterocycles. The van der Waals surface area contributed by atoms with Gasteiger partial charge in [0.15, 0.2) is 5.11 Å². The molecule has 2 aromatic rings. The molecule has 0 saturated carbocycles. The van der Waals surface area contributed by atoms with Crippen LogP contribution in [0.1, 0.15) is 38.2 Å². The van der Waals surface area contributed by atoms with Gasteiger partial charge in [0.05, 0.1) is 25.4 Å². The van der Waals surface area contributed by atoms with Gasteiger partial charge < -0.3 is 29.4 Å². The van der Waals surface area contributed by atoms with Gasteiger partial charge in [-0.05, 0) is 69.1 Å². The topological polar surface area (TPSA) is 75.8 Å². The van der Waals surface area contributed by atoms with Crippen LogP contribution < -0.4 is 15.6 Å². The summed E-state index contributed by atoms with van der Waals surface area (Å²) in [4.78, 5) is 17.8. The lowest BCUT2D eigenvalue weighted by Crippen LogP contribution is -2.45. The van der Waals surface area contributed by atoms with Crippen LogP contribution in [0, 0.1) is 0 Å². The van der Waals surface area contributed by atoms with Crippen LogP contribution in [0.2, 0.25) is 0 Å². The highest BCUT2D eigenvalue weighted by atomic mass is 32.1. The van der Waals surface area contributed by atoms with Gasteiger partial charge in [0.1, 0.15) is 5.75 Å². The van der Waals surface area contributed by atoms with Gasteiger partial charge in [-0.1, -0.05) is 0 Å². The summed E-state index contributed by atoms with van der Waals surface area (Å²) in [6.45, 7) is 5.92. The molecule has 2 saturated heterocycles. The van der Waals surface area contributed by atoms with Crippen molar-refractivity contribution in [3.05, 3.63) is 40.2 Å². The Morgan fingerprint density at radius 2 is 2.00 bits per heavy atom. The van der Waals surface area contributed by atoms with Crippen molar-refractivity contribution in [1.29, 1.82) is 0 Å². The van der Waals surface area contributed by atoms with Crippen LogP contribution in [-0.2, 0) is 16.0 Å². The van der Waals surface area contributed by atoms with Gasteiger partial charge in [-0.2, -0.15) is 0 Å². The molecule has 2 atom stereocenters. The summed E-state index contributed by atoms with van der Waals surface area (Å²) >= 11 is 5.71. The van der Waals surface area contributed by atoms with Crippen molar-refractivity contribution < 1.29 is 14.2 Å². The second kappa shape index (κ2) is 10.4. The number of hydrogen-bond donors (Lipinski definition) is 2. The first-order valence-corrected chi connectivity index (χ1v) is 11.6. The number of ether oxygens (including phenoxy) is 3. The maximum absolute atomic E-state index is 12.8. The number of nitrogens with zero attached hydrogens (tertiary/aromatic N) is 1. The summed E-state index contributed by atoms with van der Waals surface area (Å²) in [5.74, 6) is 0.790. The van der Waals surface area contributed by atoms with E-state index in [0.717, 1.165) is 55.5 Å². The second-order valence-electron chi connectivity index (χ2n) is 8.14. The third-order valence-corrected chi connectivity index (χ3v) is 6.21. The van der Waals surface area contributed by atoms with Crippen molar-refractivity contribution in [1.82, 2.24) is 15.2 Å². The van der Waals surface area contributed by atoms with E-state index in [4.69, 9.17) is 26.4 Å². The fraction of sp³-hybridized carbons (Fsp3) is 0.565. The van der Waals surface area contributed by atoms with Crippen molar-refractivity contribution in [3.8, 4) is 5.75 Å². The Kier molecular flexibility index (Phi) is 7.42. The van der Waals surface area contributed by atoms with Crippen LogP contribution in [0.3, 0.4) is 0 Å². The van der Waals surface area contributed by atoms with Gasteiger partial charge in [-0.25, -0.2) is 0 Å². The Labute approximate surface area is 188 Å². The number of aromatic nitrogens is 1. The van der Waals surface area contributed by atoms with E-state index in [-0.39, 0.29) is 17.8 Å². The first-order chi connectivity index (χ1) is 15.1. The lowest BCUT2D eigenvalue weighted by atomic mass is 10.1. The summed E-state index contributed by atoms with van der Waals surface area (Å²) in [5.41, 5.74) is 1.36. The first kappa shape index (κ1) is 22.0. The minimum absolute atomic E-state index is 0.101. The highest BCUT2D eigenvalue weighted by molar-refractivity contribution is 7.80. The number of H-pyrrole nitrogens is 1. The van der Waals surface area contributed by atoms with E-state index in [1.807, 2.05) is 36.1 Å². The largest absolute Gasteiger partial charge is 0.494 e. The zero-order chi connectivity index (χ0) is 21.6. The molecule has 0 radical (unpaired) electrons. The monoisotopic (exact) mass is 445 g/mol. The van der Waals surface area contributed by atoms with Crippen LogP contribution in [0.15, 0.2) is 29.1 Å². The molecule has 0 unspecified atom stereocenters. The number of thiocarbonyl (C=S) groups is 1. The minimum Gasteiger partial charge on any atom is -0.494 e. The predicted octanol–water partition coefficient (Wildman–Crippen LogP) is 2.96. The maximum Gasteiger partial charge on any atom is 0.253 e. The molecule has 0 amide bonds. The van der Waals surface area contributed by atoms with Crippen LogP contribution in [0.5, 0.6) is 5.75 Å². The van der Waals surface area contributed by atoms with Gasteiger partial charge in [0, 0.05) is 42.8 Å². The van der Waals surface area contributed by atoms with E-state index in [1.165, 1.54) is 0 Å². The van der Waals surface area contributed by atoms with E-state index in [0.29, 0.717) is 36.9 Å². The number of aromatic amines is 1. The van der Waals surface area contributed by atoms with Crippen molar-refractivity contribution in [2.24, 2.45) is 0 Å². The zero-order valence-electron chi connectivity index (χ0n) is 18.0. The molecule has 0 bridgehead atoms. The number of hydrogen-bond acceptors (Lipinski definition) is 5. The molecular weight excluding hydrogens is 414 g/mol. The lowest BCUT2D eigenvalue weighted by Gasteiger charge is -2.28. The van der Waals surface area contributed by atoms with E-state index in [9.17, 15) is 4.79 Å². The molecule has 2 N–H and O–H groups in total. The summed E-state index contributed by atoms with van der Waals surface area (Å²) in [5, 5.41) is 4.92. The molecule has 7 nitrogen and oxygen atoms in total. The smallest absolute Gasteiger partial charge is 0.253 e. The molecule has 31 heavy (non-hydrogen) atoms. The third-order valence-electron chi connectivity index (χ3n) is 5.80. The van der Waals surface area contributed by atoms with Crippen molar-refractivity contribution in [2.75, 3.05) is 32.9 Å². The van der Waals surface area contributed by atoms with Crippen LogP contribution in [0.25, 0.3) is 10.9 Å². The normalized spacial score (nSPS) is 20.8. The maximum atomic E-state index is 12.8. The standard InChI is InChI=1S/C23H31N3O4S/c1-2-28-18-7-8-21-16(12-18)11-17(22(27)25-21)14-26(15-20-6-4-10-30-20)23(31)24-13-19-5-3-9-29-19/h7-8,11-12,19-20H,2-6,9-10,13-15H2,1H3,(H,24,31)(H,25,27)/t19-,20+/m0/s1. The van der Waals surface area contributed by atoms with Crippen molar-refractivity contribution in [2.45, 2.75) is 51.4 Å². The number of fused-ring (bicyclic) bond motifs is 1. The predicted molar refractivity (Wildman–Crippen MR) is 125 cm³/mol. The Bertz CT molecular complexity index is 951. The average molecular weight is 446 g/mol. The highest BCUT2D eigenvalue weighted by Gasteiger charge is 2.23. The van der Waals surface area contributed by atoms with Crippen molar-refractivity contribution in [3.63, 3.8) is 0 Å². The van der Waals surface area contributed by atoms with Gasteiger partial charge in [-0.15, -0.1) is 0 Å². The Morgan fingerprint density at radius 3 is 2.71 bits per heavy atom. The number of benzene rings is 1. The molecule has 0 spiro atoms. The number of pyridine rings is 1. The molecule has 1 aromatic heterocycles. The van der Waals surface area contributed by atoms with E-state index < -0.39 is 0 Å². The number of nitrogens with one attached hydrogen (secondary N) is 2. The summed E-state index contributed by atoms with van der Waals surface area (Å²) in [6, 6.07) is 7.64. The fourth-order valence-electron chi connectivity index (χ4n) is 4.18. The third kappa shape index (κ3) is 5.75. The first-order valence-electron chi connectivity index (χ1n) is 11.2. The van der Waals surface area contributed by atoms with Crippen LogP contribution in [-0.4, -0.2) is 60.1 Å². The Hall–Kier alpha value is -2.16. The summed E-state index contributed by atoms with van der Waals surface area (Å²) in [6.07, 6.45) is 4.54. The molecular formula is C23H31N3O4S. The number of rotatable bonds is 8. The van der Waals surface area contributed by atoms with Gasteiger partial charge in [0.2, 0.25) is 0 Å². The molecule has 4 rings (SSSR count). The average Bonchev–Trinajstić information content (AvgIpc) is 3.46.